The predicted molar refractivity (Wildman–Crippen MR) is 117 cm³/mol. The number of rotatable bonds is 5. The highest BCUT2D eigenvalue weighted by Gasteiger charge is 2.33. The topological polar surface area (TPSA) is 99.7 Å². The quantitative estimate of drug-likeness (QED) is 0.687. The molecule has 0 spiro atoms. The smallest absolute Gasteiger partial charge is 0.256 e. The molecule has 0 bridgehead atoms. The molecule has 4 rings (SSSR count). The van der Waals surface area contributed by atoms with Crippen molar-refractivity contribution in [2.45, 2.75) is 32.7 Å². The fourth-order valence-electron chi connectivity index (χ4n) is 4.08. The van der Waals surface area contributed by atoms with Gasteiger partial charge < -0.3 is 10.2 Å². The van der Waals surface area contributed by atoms with Crippen LogP contribution in [0.5, 0.6) is 0 Å². The maximum Gasteiger partial charge on any atom is 0.256 e. The van der Waals surface area contributed by atoms with E-state index in [1.165, 1.54) is 4.80 Å². The lowest BCUT2D eigenvalue weighted by atomic mass is 9.89. The maximum absolute atomic E-state index is 13.7. The number of aryl methyl sites for hydroxylation is 1. The van der Waals surface area contributed by atoms with Gasteiger partial charge in [-0.05, 0) is 49.9 Å². The van der Waals surface area contributed by atoms with E-state index in [4.69, 9.17) is 5.26 Å². The van der Waals surface area contributed by atoms with Crippen LogP contribution in [0.25, 0.3) is 5.69 Å². The van der Waals surface area contributed by atoms with E-state index in [0.29, 0.717) is 41.6 Å². The first-order chi connectivity index (χ1) is 15.1. The number of carbonyl (C=O) groups excluding carboxylic acids is 1. The minimum Gasteiger partial charge on any atom is -0.368 e. The number of likely N-dealkylation sites (tertiary alicyclic amines) is 1. The Morgan fingerprint density at radius 1 is 1.26 bits per heavy atom. The molecule has 0 radical (unpaired) electrons. The van der Waals surface area contributed by atoms with E-state index in [-0.39, 0.29) is 11.9 Å². The Bertz CT molecular complexity index is 1090. The Labute approximate surface area is 181 Å². The third kappa shape index (κ3) is 4.40. The summed E-state index contributed by atoms with van der Waals surface area (Å²) in [5.74, 6) is 1.03. The molecular weight excluding hydrogens is 390 g/mol. The molecule has 1 aliphatic heterocycles. The molecule has 8 heteroatoms. The summed E-state index contributed by atoms with van der Waals surface area (Å²) in [5, 5.41) is 20.7. The number of aromatic nitrogens is 4. The van der Waals surface area contributed by atoms with Crippen LogP contribution in [0.4, 0.5) is 5.82 Å². The third-order valence-electron chi connectivity index (χ3n) is 5.78. The highest BCUT2D eigenvalue weighted by Crippen LogP contribution is 2.27. The van der Waals surface area contributed by atoms with Crippen LogP contribution in [-0.4, -0.2) is 49.9 Å². The Hall–Kier alpha value is -3.73. The van der Waals surface area contributed by atoms with E-state index in [2.05, 4.69) is 33.5 Å². The number of nitrogens with zero attached hydrogens (tertiary/aromatic N) is 6. The van der Waals surface area contributed by atoms with Crippen molar-refractivity contribution < 1.29 is 4.79 Å². The van der Waals surface area contributed by atoms with Gasteiger partial charge in [-0.2, -0.15) is 20.3 Å². The van der Waals surface area contributed by atoms with Gasteiger partial charge in [0, 0.05) is 19.3 Å². The normalized spacial score (nSPS) is 18.4. The number of piperidine rings is 1. The average Bonchev–Trinajstić information content (AvgIpc) is 3.32. The monoisotopic (exact) mass is 415 g/mol. The van der Waals surface area contributed by atoms with E-state index in [1.807, 2.05) is 30.0 Å². The Morgan fingerprint density at radius 2 is 2.06 bits per heavy atom. The number of hydrogen-bond acceptors (Lipinski definition) is 6. The van der Waals surface area contributed by atoms with E-state index in [0.717, 1.165) is 18.4 Å². The first kappa shape index (κ1) is 20.5. The van der Waals surface area contributed by atoms with Crippen molar-refractivity contribution in [3.8, 4) is 11.8 Å². The van der Waals surface area contributed by atoms with Crippen LogP contribution < -0.4 is 5.32 Å². The minimum atomic E-state index is -0.0119. The van der Waals surface area contributed by atoms with Crippen LogP contribution in [0, 0.1) is 24.2 Å². The molecular formula is C23H25N7O. The summed E-state index contributed by atoms with van der Waals surface area (Å²) in [5.41, 5.74) is 2.82. The summed E-state index contributed by atoms with van der Waals surface area (Å²) in [6.45, 7) is 5.46. The van der Waals surface area contributed by atoms with Gasteiger partial charge in [0.05, 0.1) is 35.2 Å². The first-order valence-electron chi connectivity index (χ1n) is 10.4. The molecule has 31 heavy (non-hydrogen) atoms. The lowest BCUT2D eigenvalue weighted by molar-refractivity contribution is 0.0539. The highest BCUT2D eigenvalue weighted by atomic mass is 16.2. The van der Waals surface area contributed by atoms with Crippen LogP contribution in [0.3, 0.4) is 0 Å². The van der Waals surface area contributed by atoms with E-state index in [1.54, 1.807) is 30.7 Å². The number of carbonyl (C=O) groups is 1. The first-order valence-corrected chi connectivity index (χ1v) is 10.4. The summed E-state index contributed by atoms with van der Waals surface area (Å²) >= 11 is 0. The molecule has 3 aromatic rings. The summed E-state index contributed by atoms with van der Waals surface area (Å²) in [4.78, 5) is 21.4. The van der Waals surface area contributed by atoms with Crippen molar-refractivity contribution in [1.82, 2.24) is 24.9 Å². The lowest BCUT2D eigenvalue weighted by Crippen LogP contribution is -2.51. The molecule has 1 saturated heterocycles. The highest BCUT2D eigenvalue weighted by molar-refractivity contribution is 5.98. The number of nitriles is 1. The number of amides is 1. The standard InChI is InChI=1S/C23H25N7O/c1-16-5-7-20(30-27-9-10-28-30)19(12-16)23(31)29-11-3-4-17(2)21(29)15-26-22-8-6-18(13-24)14-25-22/h5-10,12,14,17,21H,3-4,11,15H2,1-2H3,(H,25,26)/t17-,21-/m1/s1. The molecule has 1 N–H and O–H groups in total. The predicted octanol–water partition coefficient (Wildman–Crippen LogP) is 3.20. The average molecular weight is 416 g/mol. The fourth-order valence-corrected chi connectivity index (χ4v) is 4.08. The number of nitrogens with one attached hydrogen (secondary N) is 1. The second-order valence-electron chi connectivity index (χ2n) is 7.95. The van der Waals surface area contributed by atoms with Crippen molar-refractivity contribution in [3.63, 3.8) is 0 Å². The molecule has 3 heterocycles. The van der Waals surface area contributed by atoms with Gasteiger partial charge in [-0.25, -0.2) is 4.98 Å². The van der Waals surface area contributed by atoms with Gasteiger partial charge in [0.1, 0.15) is 11.9 Å². The second kappa shape index (κ2) is 8.96. The van der Waals surface area contributed by atoms with Crippen molar-refractivity contribution in [2.24, 2.45) is 5.92 Å². The molecule has 0 aliphatic carbocycles. The number of hydrogen-bond donors (Lipinski definition) is 1. The summed E-state index contributed by atoms with van der Waals surface area (Å²) < 4.78 is 0. The Balaban J connectivity index is 1.58. The van der Waals surface area contributed by atoms with E-state index in [9.17, 15) is 4.79 Å². The number of anilines is 1. The summed E-state index contributed by atoms with van der Waals surface area (Å²) in [6.07, 6.45) is 6.80. The molecule has 1 aliphatic rings. The Morgan fingerprint density at radius 3 is 2.77 bits per heavy atom. The minimum absolute atomic E-state index is 0.0119. The summed E-state index contributed by atoms with van der Waals surface area (Å²) in [7, 11) is 0. The Kier molecular flexibility index (Phi) is 5.94. The van der Waals surface area contributed by atoms with E-state index < -0.39 is 0 Å². The van der Waals surface area contributed by atoms with Crippen molar-refractivity contribution in [1.29, 1.82) is 5.26 Å². The number of pyridine rings is 1. The van der Waals surface area contributed by atoms with Gasteiger partial charge in [-0.1, -0.05) is 18.6 Å². The summed E-state index contributed by atoms with van der Waals surface area (Å²) in [6, 6.07) is 11.4. The third-order valence-corrected chi connectivity index (χ3v) is 5.78. The van der Waals surface area contributed by atoms with Gasteiger partial charge in [-0.15, -0.1) is 0 Å². The zero-order chi connectivity index (χ0) is 21.8. The maximum atomic E-state index is 13.7. The van der Waals surface area contributed by atoms with Crippen LogP contribution in [0.15, 0.2) is 48.9 Å². The zero-order valence-electron chi connectivity index (χ0n) is 17.7. The van der Waals surface area contributed by atoms with Crippen molar-refractivity contribution >= 4 is 11.7 Å². The van der Waals surface area contributed by atoms with Gasteiger partial charge in [-0.3, -0.25) is 4.79 Å². The molecule has 2 atom stereocenters. The number of benzene rings is 1. The molecule has 158 valence electrons. The van der Waals surface area contributed by atoms with Gasteiger partial charge in [0.15, 0.2) is 0 Å². The SMILES string of the molecule is Cc1ccc(-n2nccn2)c(C(=O)N2CCC[C@@H](C)[C@H]2CNc2ccc(C#N)cn2)c1. The molecule has 2 aromatic heterocycles. The molecule has 8 nitrogen and oxygen atoms in total. The molecule has 1 fully saturated rings. The largest absolute Gasteiger partial charge is 0.368 e. The fraction of sp³-hybridized carbons (Fsp3) is 0.348. The van der Waals surface area contributed by atoms with Gasteiger partial charge in [0.2, 0.25) is 0 Å². The van der Waals surface area contributed by atoms with Crippen molar-refractivity contribution in [3.05, 3.63) is 65.6 Å². The van der Waals surface area contributed by atoms with Crippen molar-refractivity contribution in [2.75, 3.05) is 18.4 Å². The second-order valence-corrected chi connectivity index (χ2v) is 7.95. The van der Waals surface area contributed by atoms with E-state index >= 15 is 0 Å². The van der Waals surface area contributed by atoms with Crippen LogP contribution in [-0.2, 0) is 0 Å². The van der Waals surface area contributed by atoms with Gasteiger partial charge in [0.25, 0.3) is 5.91 Å². The molecule has 0 saturated carbocycles. The van der Waals surface area contributed by atoms with Crippen LogP contribution in [0.2, 0.25) is 0 Å². The van der Waals surface area contributed by atoms with Crippen LogP contribution in [0.1, 0.15) is 41.3 Å². The molecule has 1 aromatic carbocycles. The molecule has 1 amide bonds. The molecule has 0 unspecified atom stereocenters. The van der Waals surface area contributed by atoms with Gasteiger partial charge >= 0.3 is 0 Å². The van der Waals surface area contributed by atoms with Crippen LogP contribution >= 0.6 is 0 Å². The lowest BCUT2D eigenvalue weighted by Gasteiger charge is -2.40. The zero-order valence-corrected chi connectivity index (χ0v) is 17.7.